The maximum Gasteiger partial charge on any atom is 0.410 e. The van der Waals surface area contributed by atoms with Crippen LogP contribution in [0.25, 0.3) is 0 Å². The number of nitrogens with zero attached hydrogens (tertiary/aromatic N) is 1. The zero-order valence-corrected chi connectivity index (χ0v) is 10.1. The molecule has 1 fully saturated rings. The van der Waals surface area contributed by atoms with E-state index in [4.69, 9.17) is 9.84 Å². The van der Waals surface area contributed by atoms with E-state index in [0.717, 1.165) is 0 Å². The second kappa shape index (κ2) is 5.01. The van der Waals surface area contributed by atoms with Crippen molar-refractivity contribution in [1.82, 2.24) is 4.90 Å². The van der Waals surface area contributed by atoms with Crippen LogP contribution in [0.5, 0.6) is 0 Å². The van der Waals surface area contributed by atoms with Gasteiger partial charge in [0, 0.05) is 19.1 Å². The first-order chi connectivity index (χ1) is 7.33. The fourth-order valence-electron chi connectivity index (χ4n) is 1.78. The van der Waals surface area contributed by atoms with Crippen molar-refractivity contribution in [3.8, 4) is 0 Å². The molecule has 2 N–H and O–H groups in total. The van der Waals surface area contributed by atoms with Crippen LogP contribution in [0, 0.1) is 5.92 Å². The Morgan fingerprint density at radius 3 is 2.56 bits per heavy atom. The van der Waals surface area contributed by atoms with Gasteiger partial charge >= 0.3 is 6.09 Å². The highest BCUT2D eigenvalue weighted by atomic mass is 16.6. The summed E-state index contributed by atoms with van der Waals surface area (Å²) in [5, 5.41) is 18.5. The molecule has 0 radical (unpaired) electrons. The van der Waals surface area contributed by atoms with E-state index >= 15 is 0 Å². The maximum atomic E-state index is 11.7. The minimum absolute atomic E-state index is 0.0316. The monoisotopic (exact) mass is 231 g/mol. The van der Waals surface area contributed by atoms with Gasteiger partial charge in [-0.1, -0.05) is 0 Å². The highest BCUT2D eigenvalue weighted by Gasteiger charge is 2.35. The number of aliphatic hydroxyl groups excluding tert-OH is 2. The van der Waals surface area contributed by atoms with Crippen LogP contribution in [0.2, 0.25) is 0 Å². The molecule has 1 rings (SSSR count). The van der Waals surface area contributed by atoms with E-state index in [9.17, 15) is 9.90 Å². The Kier molecular flexibility index (Phi) is 4.15. The lowest BCUT2D eigenvalue weighted by atomic mass is 10.0. The Morgan fingerprint density at radius 2 is 2.06 bits per heavy atom. The Hall–Kier alpha value is -0.810. The zero-order chi connectivity index (χ0) is 12.3. The smallest absolute Gasteiger partial charge is 0.410 e. The van der Waals surface area contributed by atoms with E-state index in [-0.39, 0.29) is 12.5 Å². The first-order valence-electron chi connectivity index (χ1n) is 5.60. The third-order valence-corrected chi connectivity index (χ3v) is 2.56. The number of ether oxygens (including phenoxy) is 1. The molecular weight excluding hydrogens is 210 g/mol. The maximum absolute atomic E-state index is 11.7. The van der Waals surface area contributed by atoms with Crippen molar-refractivity contribution in [3.63, 3.8) is 0 Å². The topological polar surface area (TPSA) is 70.0 Å². The summed E-state index contributed by atoms with van der Waals surface area (Å²) in [6, 6.07) is 0. The predicted molar refractivity (Wildman–Crippen MR) is 59.0 cm³/mol. The van der Waals surface area contributed by atoms with Crippen molar-refractivity contribution in [1.29, 1.82) is 0 Å². The van der Waals surface area contributed by atoms with Crippen molar-refractivity contribution in [2.75, 3.05) is 19.7 Å². The molecule has 0 spiro atoms. The first kappa shape index (κ1) is 13.3. The summed E-state index contributed by atoms with van der Waals surface area (Å²) < 4.78 is 5.21. The average molecular weight is 231 g/mol. The number of likely N-dealkylation sites (tertiary alicyclic amines) is 1. The lowest BCUT2D eigenvalue weighted by Gasteiger charge is -2.24. The Balaban J connectivity index is 2.48. The van der Waals surface area contributed by atoms with Crippen LogP contribution in [-0.4, -0.2) is 52.6 Å². The minimum atomic E-state index is -0.556. The third-order valence-electron chi connectivity index (χ3n) is 2.56. The normalized spacial score (nSPS) is 25.9. The second-order valence-electron chi connectivity index (χ2n) is 5.23. The summed E-state index contributed by atoms with van der Waals surface area (Å²) in [6.45, 7) is 6.20. The number of carbonyl (C=O) groups excluding carboxylic acids is 1. The first-order valence-corrected chi connectivity index (χ1v) is 5.60. The molecule has 2 atom stereocenters. The van der Waals surface area contributed by atoms with Gasteiger partial charge < -0.3 is 19.8 Å². The van der Waals surface area contributed by atoms with E-state index in [1.54, 1.807) is 0 Å². The van der Waals surface area contributed by atoms with Gasteiger partial charge in [0.15, 0.2) is 0 Å². The number of hydrogen-bond donors (Lipinski definition) is 2. The quantitative estimate of drug-likeness (QED) is 0.730. The fraction of sp³-hybridized carbons (Fsp3) is 0.909. The predicted octanol–water partition coefficient (Wildman–Crippen LogP) is 0.597. The van der Waals surface area contributed by atoms with Gasteiger partial charge in [-0.3, -0.25) is 0 Å². The van der Waals surface area contributed by atoms with Gasteiger partial charge in [0.25, 0.3) is 0 Å². The van der Waals surface area contributed by atoms with Crippen LogP contribution in [0.15, 0.2) is 0 Å². The Labute approximate surface area is 96.0 Å². The molecule has 1 aliphatic rings. The van der Waals surface area contributed by atoms with E-state index in [1.807, 2.05) is 20.8 Å². The zero-order valence-electron chi connectivity index (χ0n) is 10.1. The van der Waals surface area contributed by atoms with Gasteiger partial charge in [-0.05, 0) is 27.2 Å². The van der Waals surface area contributed by atoms with Crippen LogP contribution in [0.4, 0.5) is 4.79 Å². The molecule has 0 saturated carbocycles. The van der Waals surface area contributed by atoms with Crippen molar-refractivity contribution in [2.45, 2.75) is 38.9 Å². The largest absolute Gasteiger partial charge is 0.444 e. The molecule has 0 aromatic heterocycles. The molecule has 0 aromatic rings. The van der Waals surface area contributed by atoms with E-state index in [2.05, 4.69) is 0 Å². The number of amides is 1. The number of hydrogen-bond acceptors (Lipinski definition) is 4. The summed E-state index contributed by atoms with van der Waals surface area (Å²) in [7, 11) is 0. The third kappa shape index (κ3) is 3.64. The second-order valence-corrected chi connectivity index (χ2v) is 5.23. The Morgan fingerprint density at radius 1 is 1.44 bits per heavy atom. The molecule has 0 aromatic carbocycles. The van der Waals surface area contributed by atoms with Gasteiger partial charge in [0.2, 0.25) is 0 Å². The van der Waals surface area contributed by atoms with Gasteiger partial charge in [-0.25, -0.2) is 4.79 Å². The molecule has 0 aliphatic carbocycles. The lowest BCUT2D eigenvalue weighted by Crippen LogP contribution is -2.35. The summed E-state index contributed by atoms with van der Waals surface area (Å²) in [4.78, 5) is 13.2. The SMILES string of the molecule is CC(C)(C)OC(=O)N1CC(O)C(CCO)C1. The molecule has 5 nitrogen and oxygen atoms in total. The van der Waals surface area contributed by atoms with Crippen molar-refractivity contribution in [2.24, 2.45) is 5.92 Å². The number of aliphatic hydroxyl groups is 2. The highest BCUT2D eigenvalue weighted by molar-refractivity contribution is 5.68. The molecule has 0 bridgehead atoms. The molecule has 5 heteroatoms. The van der Waals surface area contributed by atoms with Crippen LogP contribution < -0.4 is 0 Å². The summed E-state index contributed by atoms with van der Waals surface area (Å²) >= 11 is 0. The summed E-state index contributed by atoms with van der Waals surface area (Å²) in [5.41, 5.74) is -0.517. The van der Waals surface area contributed by atoms with Gasteiger partial charge in [-0.2, -0.15) is 0 Å². The number of rotatable bonds is 2. The lowest BCUT2D eigenvalue weighted by molar-refractivity contribution is 0.0269. The van der Waals surface area contributed by atoms with Crippen LogP contribution >= 0.6 is 0 Å². The fourth-order valence-corrected chi connectivity index (χ4v) is 1.78. The van der Waals surface area contributed by atoms with Crippen molar-refractivity contribution < 1.29 is 19.7 Å². The van der Waals surface area contributed by atoms with E-state index in [1.165, 1.54) is 4.90 Å². The van der Waals surface area contributed by atoms with Crippen LogP contribution in [0.3, 0.4) is 0 Å². The molecule has 1 heterocycles. The van der Waals surface area contributed by atoms with Crippen LogP contribution in [0.1, 0.15) is 27.2 Å². The molecule has 1 amide bonds. The van der Waals surface area contributed by atoms with Crippen molar-refractivity contribution >= 4 is 6.09 Å². The molecule has 1 aliphatic heterocycles. The minimum Gasteiger partial charge on any atom is -0.444 e. The Bertz CT molecular complexity index is 249. The molecule has 2 unspecified atom stereocenters. The van der Waals surface area contributed by atoms with E-state index < -0.39 is 17.8 Å². The van der Waals surface area contributed by atoms with Gasteiger partial charge in [0.05, 0.1) is 12.6 Å². The number of carbonyl (C=O) groups is 1. The molecule has 1 saturated heterocycles. The van der Waals surface area contributed by atoms with E-state index in [0.29, 0.717) is 19.5 Å². The van der Waals surface area contributed by atoms with Crippen LogP contribution in [-0.2, 0) is 4.74 Å². The highest BCUT2D eigenvalue weighted by Crippen LogP contribution is 2.22. The molecule has 16 heavy (non-hydrogen) atoms. The average Bonchev–Trinajstić information content (AvgIpc) is 2.46. The van der Waals surface area contributed by atoms with Crippen molar-refractivity contribution in [3.05, 3.63) is 0 Å². The molecule has 94 valence electrons. The van der Waals surface area contributed by atoms with Gasteiger partial charge in [0.1, 0.15) is 5.60 Å². The number of β-amino-alcohol motifs (C(OH)–C–C–N with tert-alkyl or cyclic N) is 1. The molecular formula is C11H21NO4. The summed E-state index contributed by atoms with van der Waals surface area (Å²) in [5.74, 6) is -0.0440. The van der Waals surface area contributed by atoms with Gasteiger partial charge in [-0.15, -0.1) is 0 Å². The standard InChI is InChI=1S/C11H21NO4/c1-11(2,3)16-10(15)12-6-8(4-5-13)9(14)7-12/h8-9,13-14H,4-7H2,1-3H3. The summed E-state index contributed by atoms with van der Waals surface area (Å²) in [6.07, 6.45) is -0.438.